The summed E-state index contributed by atoms with van der Waals surface area (Å²) in [6.45, 7) is 4.40. The fraction of sp³-hybridized carbons (Fsp3) is 0.562. The van der Waals surface area contributed by atoms with Gasteiger partial charge in [-0.3, -0.25) is 4.79 Å². The Bertz CT molecular complexity index is 511. The summed E-state index contributed by atoms with van der Waals surface area (Å²) in [7, 11) is 0. The Morgan fingerprint density at radius 1 is 1.38 bits per heavy atom. The van der Waals surface area contributed by atoms with Crippen LogP contribution in [0.1, 0.15) is 38.2 Å². The molecule has 2 rings (SSSR count). The van der Waals surface area contributed by atoms with Crippen LogP contribution in [-0.4, -0.2) is 24.2 Å². The highest BCUT2D eigenvalue weighted by atomic mass is 19.1. The largest absolute Gasteiger partial charge is 0.396 e. The van der Waals surface area contributed by atoms with E-state index in [0.717, 1.165) is 0 Å². The quantitative estimate of drug-likeness (QED) is 0.848. The fourth-order valence-corrected chi connectivity index (χ4v) is 2.52. The molecule has 0 bridgehead atoms. The van der Waals surface area contributed by atoms with Gasteiger partial charge in [0.25, 0.3) is 0 Å². The first-order chi connectivity index (χ1) is 9.85. The van der Waals surface area contributed by atoms with Gasteiger partial charge in [-0.1, -0.05) is 19.9 Å². The summed E-state index contributed by atoms with van der Waals surface area (Å²) in [4.78, 5) is 12.0. The Labute approximate surface area is 123 Å². The van der Waals surface area contributed by atoms with Gasteiger partial charge in [0.2, 0.25) is 5.91 Å². The maximum Gasteiger partial charge on any atom is 0.223 e. The topological polar surface area (TPSA) is 49.3 Å². The number of amides is 1. The number of aliphatic hydroxyl groups is 1. The lowest BCUT2D eigenvalue weighted by atomic mass is 9.89. The van der Waals surface area contributed by atoms with Gasteiger partial charge in [-0.15, -0.1) is 0 Å². The van der Waals surface area contributed by atoms with Crippen LogP contribution in [0.2, 0.25) is 0 Å². The number of carbonyl (C=O) groups excluding carboxylic acids is 1. The third-order valence-electron chi connectivity index (χ3n) is 4.03. The highest BCUT2D eigenvalue weighted by Gasteiger charge is 2.46. The smallest absolute Gasteiger partial charge is 0.223 e. The average molecular weight is 297 g/mol. The van der Waals surface area contributed by atoms with E-state index < -0.39 is 11.6 Å². The van der Waals surface area contributed by atoms with Gasteiger partial charge < -0.3 is 10.4 Å². The third-order valence-corrected chi connectivity index (χ3v) is 4.03. The lowest BCUT2D eigenvalue weighted by Gasteiger charge is -2.23. The summed E-state index contributed by atoms with van der Waals surface area (Å²) in [6.07, 6.45) is 1.06. The van der Waals surface area contributed by atoms with Gasteiger partial charge in [0.1, 0.15) is 11.6 Å². The normalized spacial score (nSPS) is 21.2. The minimum Gasteiger partial charge on any atom is -0.396 e. The molecule has 116 valence electrons. The zero-order chi connectivity index (χ0) is 15.6. The third kappa shape index (κ3) is 3.79. The SMILES string of the molecule is CC(C)(CCO)CNC(=O)C1CC1c1c(F)cccc1F. The van der Waals surface area contributed by atoms with E-state index in [1.807, 2.05) is 13.8 Å². The number of benzene rings is 1. The molecule has 0 radical (unpaired) electrons. The van der Waals surface area contributed by atoms with Crippen LogP contribution < -0.4 is 5.32 Å². The second-order valence-corrected chi connectivity index (χ2v) is 6.44. The maximum absolute atomic E-state index is 13.7. The molecule has 1 amide bonds. The molecule has 1 saturated carbocycles. The Morgan fingerprint density at radius 2 is 2.00 bits per heavy atom. The number of nitrogens with one attached hydrogen (secondary N) is 1. The van der Waals surface area contributed by atoms with Crippen molar-refractivity contribution in [2.24, 2.45) is 11.3 Å². The summed E-state index contributed by atoms with van der Waals surface area (Å²) in [6, 6.07) is 3.76. The van der Waals surface area contributed by atoms with E-state index in [2.05, 4.69) is 5.32 Å². The molecule has 1 fully saturated rings. The fourth-order valence-electron chi connectivity index (χ4n) is 2.52. The van der Waals surface area contributed by atoms with Crippen LogP contribution in [0.3, 0.4) is 0 Å². The molecule has 0 saturated heterocycles. The van der Waals surface area contributed by atoms with Crippen molar-refractivity contribution in [1.29, 1.82) is 0 Å². The molecule has 2 unspecified atom stereocenters. The van der Waals surface area contributed by atoms with Gasteiger partial charge in [-0.2, -0.15) is 0 Å². The molecule has 0 aromatic heterocycles. The van der Waals surface area contributed by atoms with Crippen molar-refractivity contribution in [3.63, 3.8) is 0 Å². The van der Waals surface area contributed by atoms with Gasteiger partial charge in [0.05, 0.1) is 0 Å². The van der Waals surface area contributed by atoms with Crippen LogP contribution in [0.5, 0.6) is 0 Å². The van der Waals surface area contributed by atoms with Crippen molar-refractivity contribution in [3.8, 4) is 0 Å². The minimum absolute atomic E-state index is 0.0206. The predicted molar refractivity (Wildman–Crippen MR) is 75.7 cm³/mol. The first kappa shape index (κ1) is 15.9. The molecular weight excluding hydrogens is 276 g/mol. The van der Waals surface area contributed by atoms with E-state index in [9.17, 15) is 13.6 Å². The second-order valence-electron chi connectivity index (χ2n) is 6.44. The molecule has 0 aliphatic heterocycles. The molecule has 3 nitrogen and oxygen atoms in total. The van der Waals surface area contributed by atoms with E-state index in [0.29, 0.717) is 19.4 Å². The Kier molecular flexibility index (Phi) is 4.61. The predicted octanol–water partition coefficient (Wildman–Crippen LogP) is 2.59. The standard InChI is InChI=1S/C16H21F2NO2/c1-16(2,6-7-20)9-19-15(21)11-8-10(11)14-12(17)4-3-5-13(14)18/h3-5,10-11,20H,6-9H2,1-2H3,(H,19,21). The lowest BCUT2D eigenvalue weighted by molar-refractivity contribution is -0.122. The molecule has 2 atom stereocenters. The van der Waals surface area contributed by atoms with Crippen LogP contribution in [0.4, 0.5) is 8.78 Å². The number of rotatable bonds is 6. The van der Waals surface area contributed by atoms with Crippen LogP contribution in [0, 0.1) is 23.0 Å². The molecule has 1 aromatic carbocycles. The van der Waals surface area contributed by atoms with Crippen molar-refractivity contribution in [2.45, 2.75) is 32.6 Å². The number of aliphatic hydroxyl groups excluding tert-OH is 1. The lowest BCUT2D eigenvalue weighted by Crippen LogP contribution is -2.35. The van der Waals surface area contributed by atoms with E-state index in [-0.39, 0.29) is 35.3 Å². The molecule has 1 aliphatic rings. The molecule has 0 heterocycles. The molecule has 21 heavy (non-hydrogen) atoms. The van der Waals surface area contributed by atoms with E-state index in [1.165, 1.54) is 18.2 Å². The highest BCUT2D eigenvalue weighted by Crippen LogP contribution is 2.49. The summed E-state index contributed by atoms with van der Waals surface area (Å²) in [5.74, 6) is -2.08. The first-order valence-electron chi connectivity index (χ1n) is 7.18. The van der Waals surface area contributed by atoms with Gasteiger partial charge in [-0.25, -0.2) is 8.78 Å². The number of halogens is 2. The van der Waals surface area contributed by atoms with Crippen LogP contribution in [-0.2, 0) is 4.79 Å². The van der Waals surface area contributed by atoms with Gasteiger partial charge >= 0.3 is 0 Å². The Balaban J connectivity index is 1.93. The van der Waals surface area contributed by atoms with Crippen LogP contribution in [0.15, 0.2) is 18.2 Å². The van der Waals surface area contributed by atoms with Crippen molar-refractivity contribution in [2.75, 3.05) is 13.2 Å². The zero-order valence-electron chi connectivity index (χ0n) is 12.3. The van der Waals surface area contributed by atoms with E-state index in [4.69, 9.17) is 5.11 Å². The van der Waals surface area contributed by atoms with Crippen molar-refractivity contribution < 1.29 is 18.7 Å². The number of hydrogen-bond donors (Lipinski definition) is 2. The zero-order valence-corrected chi connectivity index (χ0v) is 12.3. The molecule has 1 aliphatic carbocycles. The summed E-state index contributed by atoms with van der Waals surface area (Å²) >= 11 is 0. The second kappa shape index (κ2) is 6.10. The van der Waals surface area contributed by atoms with Gasteiger partial charge in [0, 0.05) is 30.6 Å². The monoisotopic (exact) mass is 297 g/mol. The summed E-state index contributed by atoms with van der Waals surface area (Å²) in [5, 5.41) is 11.8. The van der Waals surface area contributed by atoms with E-state index >= 15 is 0 Å². The van der Waals surface area contributed by atoms with Crippen LogP contribution >= 0.6 is 0 Å². The Hall–Kier alpha value is -1.49. The average Bonchev–Trinajstić information content (AvgIpc) is 3.16. The maximum atomic E-state index is 13.7. The van der Waals surface area contributed by atoms with Gasteiger partial charge in [-0.05, 0) is 30.4 Å². The first-order valence-corrected chi connectivity index (χ1v) is 7.18. The molecular formula is C16H21F2NO2. The summed E-state index contributed by atoms with van der Waals surface area (Å²) < 4.78 is 27.3. The van der Waals surface area contributed by atoms with E-state index in [1.54, 1.807) is 0 Å². The molecule has 2 N–H and O–H groups in total. The van der Waals surface area contributed by atoms with Crippen molar-refractivity contribution in [3.05, 3.63) is 35.4 Å². The highest BCUT2D eigenvalue weighted by molar-refractivity contribution is 5.82. The number of carbonyl (C=O) groups is 1. The van der Waals surface area contributed by atoms with Gasteiger partial charge in [0.15, 0.2) is 0 Å². The molecule has 0 spiro atoms. The molecule has 1 aromatic rings. The molecule has 5 heteroatoms. The Morgan fingerprint density at radius 3 is 2.57 bits per heavy atom. The van der Waals surface area contributed by atoms with Crippen LogP contribution in [0.25, 0.3) is 0 Å². The van der Waals surface area contributed by atoms with Crippen molar-refractivity contribution in [1.82, 2.24) is 5.32 Å². The minimum atomic E-state index is -0.587. The number of hydrogen-bond acceptors (Lipinski definition) is 2. The van der Waals surface area contributed by atoms with Crippen molar-refractivity contribution >= 4 is 5.91 Å². The summed E-state index contributed by atoms with van der Waals surface area (Å²) in [5.41, 5.74) is -0.176.